The highest BCUT2D eigenvalue weighted by molar-refractivity contribution is 7.26. The van der Waals surface area contributed by atoms with Gasteiger partial charge in [-0.3, -0.25) is 0 Å². The third-order valence-electron chi connectivity index (χ3n) is 10.3. The molecule has 51 heavy (non-hydrogen) atoms. The number of hydrogen-bond acceptors (Lipinski definition) is 3. The molecular weight excluding hydrogens is 641 g/mol. The van der Waals surface area contributed by atoms with Crippen LogP contribution in [-0.2, 0) is 0 Å². The first kappa shape index (κ1) is 28.4. The topological polar surface area (TPSA) is 26.3 Å². The summed E-state index contributed by atoms with van der Waals surface area (Å²) in [4.78, 5) is 0. The van der Waals surface area contributed by atoms with Crippen LogP contribution in [0.2, 0.25) is 0 Å². The molecule has 0 radical (unpaired) electrons. The fourth-order valence-corrected chi connectivity index (χ4v) is 9.22. The van der Waals surface area contributed by atoms with Gasteiger partial charge in [0, 0.05) is 41.7 Å². The maximum absolute atomic E-state index is 6.24. The molecule has 11 aromatic rings. The van der Waals surface area contributed by atoms with Crippen molar-refractivity contribution < 1.29 is 8.83 Å². The lowest BCUT2D eigenvalue weighted by Crippen LogP contribution is -1.85. The number of benzene rings is 8. The van der Waals surface area contributed by atoms with E-state index in [0.717, 1.165) is 43.9 Å². The fourth-order valence-electron chi connectivity index (χ4n) is 8.06. The third-order valence-corrected chi connectivity index (χ3v) is 11.4. The molecule has 238 valence electrons. The normalized spacial score (nSPS) is 11.9. The molecule has 0 saturated heterocycles. The summed E-state index contributed by atoms with van der Waals surface area (Å²) in [5, 5.41) is 7.22. The van der Waals surface area contributed by atoms with Crippen molar-refractivity contribution in [1.29, 1.82) is 0 Å². The van der Waals surface area contributed by atoms with Crippen molar-refractivity contribution >= 4 is 75.4 Å². The SMILES string of the molecule is c1cc(-c2cccc3oc4ccccc4c23)cc(-c2cccc3sc4cccc(-c5ccc(-c6cccc7oc8ccccc8c67)cc5)c4c23)c1. The molecule has 0 N–H and O–H groups in total. The van der Waals surface area contributed by atoms with Gasteiger partial charge in [0.15, 0.2) is 0 Å². The largest absolute Gasteiger partial charge is 0.456 e. The summed E-state index contributed by atoms with van der Waals surface area (Å²) in [6.07, 6.45) is 0. The Labute approximate surface area is 297 Å². The van der Waals surface area contributed by atoms with Gasteiger partial charge in [-0.1, -0.05) is 127 Å². The van der Waals surface area contributed by atoms with Gasteiger partial charge >= 0.3 is 0 Å². The quantitative estimate of drug-likeness (QED) is 0.187. The summed E-state index contributed by atoms with van der Waals surface area (Å²) in [7, 11) is 0. The first-order valence-electron chi connectivity index (χ1n) is 17.2. The molecule has 0 spiro atoms. The summed E-state index contributed by atoms with van der Waals surface area (Å²) in [5.41, 5.74) is 13.3. The molecule has 0 unspecified atom stereocenters. The van der Waals surface area contributed by atoms with E-state index in [1.54, 1.807) is 0 Å². The Bertz CT molecular complexity index is 3140. The van der Waals surface area contributed by atoms with Crippen LogP contribution < -0.4 is 0 Å². The lowest BCUT2D eigenvalue weighted by molar-refractivity contribution is 0.668. The first-order valence-corrected chi connectivity index (χ1v) is 18.1. The second-order valence-electron chi connectivity index (χ2n) is 13.2. The second-order valence-corrected chi connectivity index (χ2v) is 14.3. The van der Waals surface area contributed by atoms with Crippen molar-refractivity contribution in [3.05, 3.63) is 170 Å². The number of hydrogen-bond donors (Lipinski definition) is 0. The van der Waals surface area contributed by atoms with Gasteiger partial charge < -0.3 is 8.83 Å². The van der Waals surface area contributed by atoms with E-state index in [9.17, 15) is 0 Å². The Hall–Kier alpha value is -6.42. The highest BCUT2D eigenvalue weighted by Gasteiger charge is 2.18. The molecule has 0 atom stereocenters. The average molecular weight is 669 g/mol. The number of para-hydroxylation sites is 2. The first-order chi connectivity index (χ1) is 25.3. The summed E-state index contributed by atoms with van der Waals surface area (Å²) < 4.78 is 15.0. The van der Waals surface area contributed by atoms with Gasteiger partial charge in [0.25, 0.3) is 0 Å². The van der Waals surface area contributed by atoms with Gasteiger partial charge in [0.05, 0.1) is 0 Å². The van der Waals surface area contributed by atoms with E-state index in [-0.39, 0.29) is 0 Å². The van der Waals surface area contributed by atoms with Gasteiger partial charge in [0.1, 0.15) is 22.3 Å². The predicted octanol–water partition coefficient (Wildman–Crippen LogP) is 14.5. The Kier molecular flexibility index (Phi) is 6.16. The smallest absolute Gasteiger partial charge is 0.136 e. The van der Waals surface area contributed by atoms with Crippen molar-refractivity contribution in [2.75, 3.05) is 0 Å². The molecule has 3 aromatic heterocycles. The molecule has 3 heteroatoms. The van der Waals surface area contributed by atoms with Crippen LogP contribution in [0, 0.1) is 0 Å². The van der Waals surface area contributed by atoms with Crippen LogP contribution in [0.4, 0.5) is 0 Å². The minimum absolute atomic E-state index is 0.912. The van der Waals surface area contributed by atoms with E-state index in [2.05, 4.69) is 146 Å². The zero-order valence-electron chi connectivity index (χ0n) is 27.4. The molecule has 0 aliphatic carbocycles. The van der Waals surface area contributed by atoms with Crippen LogP contribution in [0.3, 0.4) is 0 Å². The number of thiophene rings is 1. The minimum atomic E-state index is 0.912. The van der Waals surface area contributed by atoms with E-state index in [4.69, 9.17) is 8.83 Å². The van der Waals surface area contributed by atoms with Crippen LogP contribution >= 0.6 is 11.3 Å². The summed E-state index contributed by atoms with van der Waals surface area (Å²) in [5.74, 6) is 0. The van der Waals surface area contributed by atoms with Crippen LogP contribution in [0.1, 0.15) is 0 Å². The standard InChI is InChI=1S/C48H28O2S/c1-3-18-39-37(12-1)45-33(14-6-20-41(45)49-39)29-24-26-30(27-25-29)34-16-8-22-43-47(34)48-36(17-9-23-44(48)51-43)32-11-5-10-31(28-32)35-15-7-21-42-46(35)38-13-2-4-19-40(38)50-42/h1-28H. The Morgan fingerprint density at radius 3 is 1.22 bits per heavy atom. The van der Waals surface area contributed by atoms with Gasteiger partial charge in [-0.2, -0.15) is 0 Å². The highest BCUT2D eigenvalue weighted by atomic mass is 32.1. The second kappa shape index (κ2) is 11.0. The average Bonchev–Trinajstić information content (AvgIpc) is 3.89. The lowest BCUT2D eigenvalue weighted by atomic mass is 9.92. The Morgan fingerprint density at radius 1 is 0.294 bits per heavy atom. The molecule has 0 saturated carbocycles. The molecule has 0 amide bonds. The minimum Gasteiger partial charge on any atom is -0.456 e. The zero-order valence-corrected chi connectivity index (χ0v) is 28.2. The Balaban J connectivity index is 1.06. The summed E-state index contributed by atoms with van der Waals surface area (Å²) in [6.45, 7) is 0. The molecule has 2 nitrogen and oxygen atoms in total. The van der Waals surface area contributed by atoms with E-state index in [1.807, 2.05) is 35.6 Å². The number of fused-ring (bicyclic) bond motifs is 9. The fraction of sp³-hybridized carbons (Fsp3) is 0. The van der Waals surface area contributed by atoms with Crippen molar-refractivity contribution in [2.24, 2.45) is 0 Å². The van der Waals surface area contributed by atoms with Crippen molar-refractivity contribution in [3.63, 3.8) is 0 Å². The molecular formula is C48H28O2S. The van der Waals surface area contributed by atoms with Crippen LogP contribution in [0.25, 0.3) is 109 Å². The third kappa shape index (κ3) is 4.35. The van der Waals surface area contributed by atoms with Crippen LogP contribution in [-0.4, -0.2) is 0 Å². The molecule has 0 bridgehead atoms. The van der Waals surface area contributed by atoms with Crippen LogP contribution in [0.5, 0.6) is 0 Å². The summed E-state index contributed by atoms with van der Waals surface area (Å²) in [6, 6.07) is 60.8. The number of furan rings is 2. The molecule has 0 fully saturated rings. The summed E-state index contributed by atoms with van der Waals surface area (Å²) >= 11 is 1.87. The zero-order chi connectivity index (χ0) is 33.5. The van der Waals surface area contributed by atoms with Crippen LogP contribution in [0.15, 0.2) is 179 Å². The highest BCUT2D eigenvalue weighted by Crippen LogP contribution is 2.46. The monoisotopic (exact) mass is 668 g/mol. The van der Waals surface area contributed by atoms with E-state index < -0.39 is 0 Å². The van der Waals surface area contributed by atoms with E-state index in [0.29, 0.717) is 0 Å². The predicted molar refractivity (Wildman–Crippen MR) is 216 cm³/mol. The van der Waals surface area contributed by atoms with Gasteiger partial charge in [-0.05, 0) is 87.0 Å². The van der Waals surface area contributed by atoms with Crippen molar-refractivity contribution in [3.8, 4) is 44.5 Å². The molecule has 11 rings (SSSR count). The van der Waals surface area contributed by atoms with Gasteiger partial charge in [-0.25, -0.2) is 0 Å². The Morgan fingerprint density at radius 2 is 0.686 bits per heavy atom. The number of rotatable bonds is 4. The van der Waals surface area contributed by atoms with Crippen molar-refractivity contribution in [1.82, 2.24) is 0 Å². The lowest BCUT2D eigenvalue weighted by Gasteiger charge is -2.11. The molecule has 0 aliphatic rings. The molecule has 0 aliphatic heterocycles. The van der Waals surface area contributed by atoms with E-state index in [1.165, 1.54) is 64.7 Å². The van der Waals surface area contributed by atoms with Crippen molar-refractivity contribution in [2.45, 2.75) is 0 Å². The molecule has 8 aromatic carbocycles. The maximum Gasteiger partial charge on any atom is 0.136 e. The van der Waals surface area contributed by atoms with E-state index >= 15 is 0 Å². The maximum atomic E-state index is 6.24. The van der Waals surface area contributed by atoms with Gasteiger partial charge in [-0.15, -0.1) is 11.3 Å². The van der Waals surface area contributed by atoms with Gasteiger partial charge in [0.2, 0.25) is 0 Å². The molecule has 3 heterocycles.